The minimum Gasteiger partial charge on any atom is -0.481 e. The highest BCUT2D eigenvalue weighted by Gasteiger charge is 2.30. The van der Waals surface area contributed by atoms with E-state index in [1.807, 2.05) is 24.3 Å². The Morgan fingerprint density at radius 1 is 0.872 bits per heavy atom. The molecule has 0 bridgehead atoms. The third-order valence-corrected chi connectivity index (χ3v) is 6.18. The Hall–Kier alpha value is -4.08. The van der Waals surface area contributed by atoms with E-state index >= 15 is 0 Å². The average Bonchev–Trinajstić information content (AvgIpc) is 2.87. The molecule has 2 aromatic rings. The molecule has 39 heavy (non-hydrogen) atoms. The number of carbonyl (C=O) groups excluding carboxylic acids is 3. The molecule has 0 saturated carbocycles. The summed E-state index contributed by atoms with van der Waals surface area (Å²) >= 11 is 0. The molecule has 1 heterocycles. The molecule has 210 valence electrons. The number of benzene rings is 2. The van der Waals surface area contributed by atoms with Crippen molar-refractivity contribution < 1.29 is 33.8 Å². The van der Waals surface area contributed by atoms with Gasteiger partial charge < -0.3 is 29.7 Å². The number of ether oxygens (including phenoxy) is 2. The molecule has 1 aliphatic rings. The van der Waals surface area contributed by atoms with Gasteiger partial charge in [-0.3, -0.25) is 14.4 Å². The highest BCUT2D eigenvalue weighted by atomic mass is 16.6. The number of hydrogen-bond donors (Lipinski definition) is 2. The van der Waals surface area contributed by atoms with E-state index in [-0.39, 0.29) is 24.7 Å². The van der Waals surface area contributed by atoms with Crippen molar-refractivity contribution >= 4 is 23.9 Å². The van der Waals surface area contributed by atoms with Crippen molar-refractivity contribution in [1.29, 1.82) is 0 Å². The molecule has 0 aromatic heterocycles. The number of carboxylic acids is 1. The Kier molecular flexibility index (Phi) is 9.92. The van der Waals surface area contributed by atoms with Gasteiger partial charge in [0.05, 0.1) is 0 Å². The fraction of sp³-hybridized carbons (Fsp3) is 0.448. The first-order valence-corrected chi connectivity index (χ1v) is 13.0. The zero-order valence-corrected chi connectivity index (χ0v) is 22.9. The quantitative estimate of drug-likeness (QED) is 0.499. The van der Waals surface area contributed by atoms with Gasteiger partial charge in [-0.15, -0.1) is 0 Å². The largest absolute Gasteiger partial charge is 0.481 e. The SMILES string of the molecule is CC(=O)N1CCN(C(=O)C(Cc2ccc(Oc3ccc(CCC(=O)O)cc3)cc2)NC(=O)OC(C)(C)C)CC1. The number of alkyl carbamates (subject to hydrolysis) is 1. The number of rotatable bonds is 9. The Morgan fingerprint density at radius 3 is 1.87 bits per heavy atom. The van der Waals surface area contributed by atoms with Gasteiger partial charge in [-0.2, -0.15) is 0 Å². The number of amides is 3. The standard InChI is InChI=1S/C29H37N3O7/c1-20(33)31-15-17-32(18-16-31)27(36)25(30-28(37)39-29(2,3)4)19-22-7-12-24(13-8-22)38-23-10-5-21(6-11-23)9-14-26(34)35/h5-8,10-13,25H,9,14-19H2,1-4H3,(H,30,37)(H,34,35). The summed E-state index contributed by atoms with van der Waals surface area (Å²) in [6.07, 6.45) is 0.107. The van der Waals surface area contributed by atoms with Crippen molar-refractivity contribution in [2.75, 3.05) is 26.2 Å². The van der Waals surface area contributed by atoms with Crippen LogP contribution in [0.5, 0.6) is 11.5 Å². The number of piperazine rings is 1. The first-order chi connectivity index (χ1) is 18.4. The molecule has 1 aliphatic heterocycles. The summed E-state index contributed by atoms with van der Waals surface area (Å²) < 4.78 is 11.3. The van der Waals surface area contributed by atoms with E-state index in [1.165, 1.54) is 6.92 Å². The van der Waals surface area contributed by atoms with Crippen LogP contribution in [0.2, 0.25) is 0 Å². The maximum absolute atomic E-state index is 13.4. The van der Waals surface area contributed by atoms with E-state index in [1.54, 1.807) is 54.8 Å². The van der Waals surface area contributed by atoms with Gasteiger partial charge in [-0.25, -0.2) is 4.79 Å². The molecule has 3 amide bonds. The summed E-state index contributed by atoms with van der Waals surface area (Å²) in [5.74, 6) is 0.122. The van der Waals surface area contributed by atoms with Crippen LogP contribution in [-0.4, -0.2) is 76.6 Å². The van der Waals surface area contributed by atoms with Gasteiger partial charge in [-0.1, -0.05) is 24.3 Å². The zero-order chi connectivity index (χ0) is 28.6. The second kappa shape index (κ2) is 13.1. The molecule has 1 fully saturated rings. The molecular weight excluding hydrogens is 502 g/mol. The molecule has 1 atom stereocenters. The van der Waals surface area contributed by atoms with Crippen molar-refractivity contribution in [3.05, 3.63) is 59.7 Å². The monoisotopic (exact) mass is 539 g/mol. The van der Waals surface area contributed by atoms with Crippen LogP contribution in [0.1, 0.15) is 45.2 Å². The van der Waals surface area contributed by atoms with Gasteiger partial charge in [0.1, 0.15) is 23.1 Å². The van der Waals surface area contributed by atoms with Crippen molar-refractivity contribution in [3.63, 3.8) is 0 Å². The number of nitrogens with one attached hydrogen (secondary N) is 1. The van der Waals surface area contributed by atoms with Crippen molar-refractivity contribution in [1.82, 2.24) is 15.1 Å². The molecular formula is C29H37N3O7. The van der Waals surface area contributed by atoms with Crippen LogP contribution in [0.3, 0.4) is 0 Å². The van der Waals surface area contributed by atoms with Gasteiger partial charge in [-0.05, 0) is 62.6 Å². The second-order valence-electron chi connectivity index (χ2n) is 10.5. The van der Waals surface area contributed by atoms with Crippen LogP contribution < -0.4 is 10.1 Å². The van der Waals surface area contributed by atoms with E-state index in [9.17, 15) is 19.2 Å². The lowest BCUT2D eigenvalue weighted by Gasteiger charge is -2.36. The molecule has 1 saturated heterocycles. The van der Waals surface area contributed by atoms with Gasteiger partial charge in [0.25, 0.3) is 0 Å². The van der Waals surface area contributed by atoms with Crippen LogP contribution in [0.15, 0.2) is 48.5 Å². The van der Waals surface area contributed by atoms with E-state index in [2.05, 4.69) is 5.32 Å². The molecule has 3 rings (SSSR count). The number of hydrogen-bond acceptors (Lipinski definition) is 6. The summed E-state index contributed by atoms with van der Waals surface area (Å²) in [6.45, 7) is 8.47. The van der Waals surface area contributed by atoms with E-state index < -0.39 is 23.7 Å². The minimum atomic E-state index is -0.839. The molecule has 0 radical (unpaired) electrons. The van der Waals surface area contributed by atoms with Crippen molar-refractivity contribution in [3.8, 4) is 11.5 Å². The molecule has 0 aliphatic carbocycles. The number of aliphatic carboxylic acids is 1. The normalized spacial score (nSPS) is 14.4. The fourth-order valence-electron chi connectivity index (χ4n) is 4.15. The molecule has 1 unspecified atom stereocenters. The maximum Gasteiger partial charge on any atom is 0.408 e. The third kappa shape index (κ3) is 9.63. The average molecular weight is 540 g/mol. The first-order valence-electron chi connectivity index (χ1n) is 13.0. The molecule has 10 heteroatoms. The Bertz CT molecular complexity index is 1150. The van der Waals surface area contributed by atoms with Gasteiger partial charge in [0, 0.05) is 45.9 Å². The zero-order valence-electron chi connectivity index (χ0n) is 22.9. The Morgan fingerprint density at radius 2 is 1.38 bits per heavy atom. The molecule has 2 N–H and O–H groups in total. The minimum absolute atomic E-state index is 0.0260. The Labute approximate surface area is 228 Å². The summed E-state index contributed by atoms with van der Waals surface area (Å²) in [4.78, 5) is 51.7. The predicted molar refractivity (Wildman–Crippen MR) is 145 cm³/mol. The lowest BCUT2D eigenvalue weighted by molar-refractivity contribution is -0.139. The van der Waals surface area contributed by atoms with Gasteiger partial charge >= 0.3 is 12.1 Å². The number of nitrogens with zero attached hydrogens (tertiary/aromatic N) is 2. The molecule has 10 nitrogen and oxygen atoms in total. The summed E-state index contributed by atoms with van der Waals surface area (Å²) in [6, 6.07) is 13.6. The lowest BCUT2D eigenvalue weighted by atomic mass is 10.0. The summed E-state index contributed by atoms with van der Waals surface area (Å²) in [7, 11) is 0. The van der Waals surface area contributed by atoms with Gasteiger partial charge in [0.15, 0.2) is 0 Å². The molecule has 0 spiro atoms. The van der Waals surface area contributed by atoms with Crippen molar-refractivity contribution in [2.24, 2.45) is 0 Å². The van der Waals surface area contributed by atoms with Gasteiger partial charge in [0.2, 0.25) is 11.8 Å². The first kappa shape index (κ1) is 29.5. The Balaban J connectivity index is 1.65. The topological polar surface area (TPSA) is 125 Å². The number of carboxylic acid groups (broad SMARTS) is 1. The van der Waals surface area contributed by atoms with Crippen LogP contribution in [0.25, 0.3) is 0 Å². The van der Waals surface area contributed by atoms with Crippen LogP contribution in [0.4, 0.5) is 4.79 Å². The number of carbonyl (C=O) groups is 4. The lowest BCUT2D eigenvalue weighted by Crippen LogP contribution is -2.56. The highest BCUT2D eigenvalue weighted by molar-refractivity contribution is 5.86. The van der Waals surface area contributed by atoms with E-state index in [0.29, 0.717) is 44.1 Å². The van der Waals surface area contributed by atoms with E-state index in [4.69, 9.17) is 14.6 Å². The summed E-state index contributed by atoms with van der Waals surface area (Å²) in [5, 5.41) is 11.6. The second-order valence-corrected chi connectivity index (χ2v) is 10.5. The predicted octanol–water partition coefficient (Wildman–Crippen LogP) is 3.62. The highest BCUT2D eigenvalue weighted by Crippen LogP contribution is 2.23. The van der Waals surface area contributed by atoms with Crippen LogP contribution in [0, 0.1) is 0 Å². The maximum atomic E-state index is 13.4. The third-order valence-electron chi connectivity index (χ3n) is 6.18. The summed E-state index contributed by atoms with van der Waals surface area (Å²) in [5.41, 5.74) is 1.03. The fourth-order valence-corrected chi connectivity index (χ4v) is 4.15. The molecule has 2 aromatic carbocycles. The smallest absolute Gasteiger partial charge is 0.408 e. The van der Waals surface area contributed by atoms with E-state index in [0.717, 1.165) is 11.1 Å². The van der Waals surface area contributed by atoms with Crippen LogP contribution in [-0.2, 0) is 32.0 Å². The number of aryl methyl sites for hydroxylation is 1. The van der Waals surface area contributed by atoms with Crippen LogP contribution >= 0.6 is 0 Å². The van der Waals surface area contributed by atoms with Crippen molar-refractivity contribution in [2.45, 2.75) is 58.6 Å².